The van der Waals surface area contributed by atoms with E-state index in [9.17, 15) is 9.90 Å². The molecule has 26 heavy (non-hydrogen) atoms. The van der Waals surface area contributed by atoms with Crippen molar-refractivity contribution in [1.29, 1.82) is 0 Å². The first kappa shape index (κ1) is 18.0. The minimum absolute atomic E-state index is 0.0515. The lowest BCUT2D eigenvalue weighted by molar-refractivity contribution is 0.0931. The Morgan fingerprint density at radius 1 is 1.27 bits per heavy atom. The number of aryl methyl sites for hydroxylation is 1. The summed E-state index contributed by atoms with van der Waals surface area (Å²) in [6.45, 7) is 4.04. The quantitative estimate of drug-likeness (QED) is 0.714. The molecule has 0 aliphatic carbocycles. The molecule has 5 nitrogen and oxygen atoms in total. The number of amides is 1. The molecule has 134 valence electrons. The average Bonchev–Trinajstić information content (AvgIpc) is 2.67. The molecule has 0 saturated carbocycles. The van der Waals surface area contributed by atoms with Crippen molar-refractivity contribution in [2.24, 2.45) is 0 Å². The van der Waals surface area contributed by atoms with Crippen molar-refractivity contribution < 1.29 is 9.90 Å². The van der Waals surface area contributed by atoms with E-state index in [4.69, 9.17) is 4.98 Å². The number of fused-ring (bicyclic) bond motifs is 1. The summed E-state index contributed by atoms with van der Waals surface area (Å²) in [6, 6.07) is 11.5. The zero-order chi connectivity index (χ0) is 18.5. The van der Waals surface area contributed by atoms with E-state index in [0.717, 1.165) is 34.1 Å². The minimum atomic E-state index is -0.145. The summed E-state index contributed by atoms with van der Waals surface area (Å²) in [5.74, 6) is -0.145. The molecule has 0 bridgehead atoms. The fraction of sp³-hybridized carbons (Fsp3) is 0.286. The molecule has 3 aromatic rings. The van der Waals surface area contributed by atoms with Gasteiger partial charge in [-0.3, -0.25) is 9.78 Å². The highest BCUT2D eigenvalue weighted by Crippen LogP contribution is 2.25. The number of hydrogen-bond acceptors (Lipinski definition) is 4. The van der Waals surface area contributed by atoms with E-state index in [0.29, 0.717) is 12.0 Å². The van der Waals surface area contributed by atoms with Gasteiger partial charge in [-0.25, -0.2) is 4.98 Å². The van der Waals surface area contributed by atoms with E-state index in [2.05, 4.69) is 10.3 Å². The minimum Gasteiger partial charge on any atom is -0.396 e. The Kier molecular flexibility index (Phi) is 5.58. The van der Waals surface area contributed by atoms with Crippen LogP contribution in [-0.4, -0.2) is 33.6 Å². The topological polar surface area (TPSA) is 75.1 Å². The number of hydrogen-bond donors (Lipinski definition) is 2. The van der Waals surface area contributed by atoms with Gasteiger partial charge in [0.15, 0.2) is 0 Å². The first-order valence-electron chi connectivity index (χ1n) is 8.86. The molecule has 3 rings (SSSR count). The maximum absolute atomic E-state index is 13.0. The van der Waals surface area contributed by atoms with Crippen molar-refractivity contribution in [3.63, 3.8) is 0 Å². The molecule has 0 radical (unpaired) electrons. The van der Waals surface area contributed by atoms with Gasteiger partial charge in [-0.05, 0) is 50.1 Å². The fourth-order valence-corrected chi connectivity index (χ4v) is 2.99. The van der Waals surface area contributed by atoms with E-state index < -0.39 is 0 Å². The molecule has 1 aromatic carbocycles. The molecular weight excluding hydrogens is 326 g/mol. The standard InChI is InChI=1S/C21H23N3O2/c1-3-16(8-10-25)23-21(26)18-12-20(15-5-4-9-22-13-15)24-19-7-6-14(2)11-17(18)19/h4-7,9,11-13,16,25H,3,8,10H2,1-2H3,(H,23,26). The molecule has 2 N–H and O–H groups in total. The molecule has 1 amide bonds. The van der Waals surface area contributed by atoms with E-state index in [1.807, 2.05) is 50.2 Å². The fourth-order valence-electron chi connectivity index (χ4n) is 2.99. The third-order valence-corrected chi connectivity index (χ3v) is 4.47. The lowest BCUT2D eigenvalue weighted by atomic mass is 10.0. The lowest BCUT2D eigenvalue weighted by Crippen LogP contribution is -2.35. The van der Waals surface area contributed by atoms with E-state index in [1.54, 1.807) is 12.4 Å². The van der Waals surface area contributed by atoms with Gasteiger partial charge in [-0.1, -0.05) is 18.6 Å². The summed E-state index contributed by atoms with van der Waals surface area (Å²) >= 11 is 0. The van der Waals surface area contributed by atoms with Gasteiger partial charge in [0.25, 0.3) is 5.91 Å². The van der Waals surface area contributed by atoms with Gasteiger partial charge in [0.2, 0.25) is 0 Å². The van der Waals surface area contributed by atoms with Crippen molar-refractivity contribution >= 4 is 16.8 Å². The normalized spacial score (nSPS) is 12.1. The second-order valence-electron chi connectivity index (χ2n) is 6.41. The van der Waals surface area contributed by atoms with E-state index in [1.165, 1.54) is 0 Å². The highest BCUT2D eigenvalue weighted by atomic mass is 16.3. The number of rotatable bonds is 6. The molecule has 1 atom stereocenters. The van der Waals surface area contributed by atoms with E-state index >= 15 is 0 Å². The number of carbonyl (C=O) groups is 1. The van der Waals surface area contributed by atoms with Crippen molar-refractivity contribution in [2.75, 3.05) is 6.61 Å². The number of benzene rings is 1. The largest absolute Gasteiger partial charge is 0.396 e. The highest BCUT2D eigenvalue weighted by Gasteiger charge is 2.17. The number of aliphatic hydroxyl groups excluding tert-OH is 1. The highest BCUT2D eigenvalue weighted by molar-refractivity contribution is 6.07. The molecule has 0 aliphatic heterocycles. The van der Waals surface area contributed by atoms with Crippen molar-refractivity contribution in [3.8, 4) is 11.3 Å². The smallest absolute Gasteiger partial charge is 0.252 e. The molecule has 0 fully saturated rings. The number of nitrogens with zero attached hydrogens (tertiary/aromatic N) is 2. The van der Waals surface area contributed by atoms with Crippen LogP contribution in [0.4, 0.5) is 0 Å². The van der Waals surface area contributed by atoms with Crippen LogP contribution in [-0.2, 0) is 0 Å². The zero-order valence-electron chi connectivity index (χ0n) is 15.1. The third-order valence-electron chi connectivity index (χ3n) is 4.47. The maximum Gasteiger partial charge on any atom is 0.252 e. The van der Waals surface area contributed by atoms with Gasteiger partial charge in [-0.2, -0.15) is 0 Å². The molecule has 2 aromatic heterocycles. The van der Waals surface area contributed by atoms with Crippen LogP contribution in [0.1, 0.15) is 35.7 Å². The first-order chi connectivity index (χ1) is 12.6. The number of aromatic nitrogens is 2. The molecule has 0 aliphatic rings. The SMILES string of the molecule is CCC(CCO)NC(=O)c1cc(-c2cccnc2)nc2ccc(C)cc12. The van der Waals surface area contributed by atoms with Crippen molar-refractivity contribution in [2.45, 2.75) is 32.7 Å². The second kappa shape index (κ2) is 8.06. The lowest BCUT2D eigenvalue weighted by Gasteiger charge is -2.17. The number of pyridine rings is 2. The molecular formula is C21H23N3O2. The predicted molar refractivity (Wildman–Crippen MR) is 103 cm³/mol. The summed E-state index contributed by atoms with van der Waals surface area (Å²) in [5.41, 5.74) is 4.03. The average molecular weight is 349 g/mol. The Morgan fingerprint density at radius 3 is 2.81 bits per heavy atom. The summed E-state index contributed by atoms with van der Waals surface area (Å²) < 4.78 is 0. The van der Waals surface area contributed by atoms with Crippen molar-refractivity contribution in [1.82, 2.24) is 15.3 Å². The van der Waals surface area contributed by atoms with Gasteiger partial charge in [-0.15, -0.1) is 0 Å². The van der Waals surface area contributed by atoms with E-state index in [-0.39, 0.29) is 18.6 Å². The van der Waals surface area contributed by atoms with Gasteiger partial charge < -0.3 is 10.4 Å². The van der Waals surface area contributed by atoms with Crippen LogP contribution in [0.5, 0.6) is 0 Å². The number of nitrogens with one attached hydrogen (secondary N) is 1. The maximum atomic E-state index is 13.0. The Hall–Kier alpha value is -2.79. The van der Waals surface area contributed by atoms with Crippen LogP contribution in [0.3, 0.4) is 0 Å². The summed E-state index contributed by atoms with van der Waals surface area (Å²) in [4.78, 5) is 21.8. The van der Waals surface area contributed by atoms with Gasteiger partial charge in [0.1, 0.15) is 0 Å². The van der Waals surface area contributed by atoms with Crippen molar-refractivity contribution in [3.05, 3.63) is 59.9 Å². The Balaban J connectivity index is 2.09. The van der Waals surface area contributed by atoms with Gasteiger partial charge in [0, 0.05) is 36.0 Å². The van der Waals surface area contributed by atoms with Crippen LogP contribution in [0.15, 0.2) is 48.8 Å². The number of carbonyl (C=O) groups excluding carboxylic acids is 1. The Labute approximate surface area is 153 Å². The van der Waals surface area contributed by atoms with Crippen LogP contribution < -0.4 is 5.32 Å². The van der Waals surface area contributed by atoms with Crippen LogP contribution in [0.2, 0.25) is 0 Å². The molecule has 2 heterocycles. The summed E-state index contributed by atoms with van der Waals surface area (Å²) in [6.07, 6.45) is 4.76. The van der Waals surface area contributed by atoms with Gasteiger partial charge in [0.05, 0.1) is 16.8 Å². The molecule has 0 saturated heterocycles. The third kappa shape index (κ3) is 3.89. The Bertz CT molecular complexity index is 910. The molecule has 1 unspecified atom stereocenters. The van der Waals surface area contributed by atoms with Crippen LogP contribution in [0.25, 0.3) is 22.2 Å². The zero-order valence-corrected chi connectivity index (χ0v) is 15.1. The first-order valence-corrected chi connectivity index (χ1v) is 8.86. The van der Waals surface area contributed by atoms with Crippen LogP contribution in [0, 0.1) is 6.92 Å². The van der Waals surface area contributed by atoms with Gasteiger partial charge >= 0.3 is 0 Å². The Morgan fingerprint density at radius 2 is 2.12 bits per heavy atom. The monoisotopic (exact) mass is 349 g/mol. The number of aliphatic hydroxyl groups is 1. The second-order valence-corrected chi connectivity index (χ2v) is 6.41. The predicted octanol–water partition coefficient (Wildman–Crippen LogP) is 3.50. The molecule has 0 spiro atoms. The molecule has 5 heteroatoms. The summed E-state index contributed by atoms with van der Waals surface area (Å²) in [5, 5.41) is 13.0. The van der Waals surface area contributed by atoms with Crippen LogP contribution >= 0.6 is 0 Å². The summed E-state index contributed by atoms with van der Waals surface area (Å²) in [7, 11) is 0.